The van der Waals surface area contributed by atoms with Gasteiger partial charge in [-0.1, -0.05) is 0 Å². The summed E-state index contributed by atoms with van der Waals surface area (Å²) in [5.41, 5.74) is 3.64. The summed E-state index contributed by atoms with van der Waals surface area (Å²) >= 11 is 0. The second-order valence-corrected chi connectivity index (χ2v) is 3.97. The van der Waals surface area contributed by atoms with Crippen LogP contribution in [0.2, 0.25) is 0 Å². The van der Waals surface area contributed by atoms with Crippen molar-refractivity contribution in [2.75, 3.05) is 12.3 Å². The number of hydrogen-bond acceptors (Lipinski definition) is 7. The fourth-order valence-corrected chi connectivity index (χ4v) is 1.86. The maximum Gasteiger partial charge on any atom is 0.332 e. The number of nitrogens with two attached hydrogens (primary N) is 1. The Morgan fingerprint density at radius 3 is 2.56 bits per heavy atom. The van der Waals surface area contributed by atoms with Crippen LogP contribution in [0.5, 0.6) is 0 Å². The van der Waals surface area contributed by atoms with Gasteiger partial charge in [-0.05, 0) is 0 Å². The Morgan fingerprint density at radius 2 is 2.06 bits per heavy atom. The highest BCUT2D eigenvalue weighted by atomic mass is 16.6. The summed E-state index contributed by atoms with van der Waals surface area (Å²) in [6.07, 6.45) is -5.31. The SMILES string of the molecule is Nc1cc(=O)n([C@@H]2O[C@H](CO)C(O)C2O)c(=O)[nH]1. The smallest absolute Gasteiger partial charge is 0.332 e. The van der Waals surface area contributed by atoms with E-state index in [1.807, 2.05) is 0 Å². The van der Waals surface area contributed by atoms with Crippen LogP contribution in [0.1, 0.15) is 6.23 Å². The Hall–Kier alpha value is -1.68. The van der Waals surface area contributed by atoms with Crippen LogP contribution in [0.15, 0.2) is 15.7 Å². The maximum absolute atomic E-state index is 11.6. The Kier molecular flexibility index (Phi) is 3.22. The third kappa shape index (κ3) is 1.93. The number of aromatic amines is 1. The van der Waals surface area contributed by atoms with E-state index in [0.29, 0.717) is 4.57 Å². The van der Waals surface area contributed by atoms with E-state index in [2.05, 4.69) is 4.98 Å². The largest absolute Gasteiger partial charge is 0.394 e. The molecule has 0 saturated carbocycles. The first kappa shape index (κ1) is 12.8. The minimum atomic E-state index is -1.50. The standard InChI is InChI=1S/C9H13N3O6/c10-4-1-5(14)12(9(17)11-4)8-7(16)6(15)3(2-13)18-8/h1,3,6-8,13,15-16H,2,10H2,(H,11,17)/t3-,6?,7?,8-/m1/s1. The molecule has 1 aliphatic heterocycles. The highest BCUT2D eigenvalue weighted by Gasteiger charge is 2.44. The van der Waals surface area contributed by atoms with E-state index in [0.717, 1.165) is 6.07 Å². The van der Waals surface area contributed by atoms with Crippen molar-refractivity contribution in [1.82, 2.24) is 9.55 Å². The second kappa shape index (κ2) is 4.53. The second-order valence-electron chi connectivity index (χ2n) is 3.97. The van der Waals surface area contributed by atoms with Crippen LogP contribution >= 0.6 is 0 Å². The summed E-state index contributed by atoms with van der Waals surface area (Å²) in [6, 6.07) is 0.954. The number of hydrogen-bond donors (Lipinski definition) is 5. The molecule has 4 atom stereocenters. The molecule has 0 aromatic carbocycles. The fourth-order valence-electron chi connectivity index (χ4n) is 1.86. The van der Waals surface area contributed by atoms with E-state index >= 15 is 0 Å². The quantitative estimate of drug-likeness (QED) is 0.373. The van der Waals surface area contributed by atoms with Gasteiger partial charge in [-0.25, -0.2) is 9.36 Å². The first-order valence-corrected chi connectivity index (χ1v) is 5.19. The molecule has 9 heteroatoms. The van der Waals surface area contributed by atoms with Crippen LogP contribution in [0.25, 0.3) is 0 Å². The maximum atomic E-state index is 11.6. The molecule has 18 heavy (non-hydrogen) atoms. The third-order valence-electron chi connectivity index (χ3n) is 2.76. The lowest BCUT2D eigenvalue weighted by molar-refractivity contribution is -0.0564. The van der Waals surface area contributed by atoms with Gasteiger partial charge in [0.25, 0.3) is 5.56 Å². The van der Waals surface area contributed by atoms with Crippen molar-refractivity contribution >= 4 is 5.82 Å². The van der Waals surface area contributed by atoms with Gasteiger partial charge >= 0.3 is 5.69 Å². The number of aliphatic hydroxyl groups excluding tert-OH is 3. The summed E-state index contributed by atoms with van der Waals surface area (Å²) in [6.45, 7) is -0.545. The van der Waals surface area contributed by atoms with Crippen LogP contribution in [-0.4, -0.2) is 49.8 Å². The van der Waals surface area contributed by atoms with Gasteiger partial charge in [-0.15, -0.1) is 0 Å². The van der Waals surface area contributed by atoms with Gasteiger partial charge in [0, 0.05) is 6.07 Å². The van der Waals surface area contributed by atoms with Gasteiger partial charge in [-0.2, -0.15) is 0 Å². The normalized spacial score (nSPS) is 31.7. The van der Waals surface area contributed by atoms with Crippen molar-refractivity contribution in [3.8, 4) is 0 Å². The molecule has 2 unspecified atom stereocenters. The highest BCUT2D eigenvalue weighted by molar-refractivity contribution is 5.23. The zero-order chi connectivity index (χ0) is 13.4. The third-order valence-corrected chi connectivity index (χ3v) is 2.76. The first-order valence-electron chi connectivity index (χ1n) is 5.19. The van der Waals surface area contributed by atoms with E-state index < -0.39 is 42.4 Å². The molecule has 0 amide bonds. The van der Waals surface area contributed by atoms with E-state index in [9.17, 15) is 19.8 Å². The van der Waals surface area contributed by atoms with Crippen LogP contribution in [0, 0.1) is 0 Å². The number of ether oxygens (including phenoxy) is 1. The number of rotatable bonds is 2. The molecule has 1 saturated heterocycles. The summed E-state index contributed by atoms with van der Waals surface area (Å²) < 4.78 is 5.67. The lowest BCUT2D eigenvalue weighted by atomic mass is 10.1. The molecule has 0 bridgehead atoms. The van der Waals surface area contributed by atoms with Crippen molar-refractivity contribution in [1.29, 1.82) is 0 Å². The molecule has 2 rings (SSSR count). The number of nitrogens with one attached hydrogen (secondary N) is 1. The van der Waals surface area contributed by atoms with E-state index in [1.165, 1.54) is 0 Å². The molecule has 1 aliphatic rings. The predicted molar refractivity (Wildman–Crippen MR) is 58.7 cm³/mol. The van der Waals surface area contributed by atoms with E-state index in [4.69, 9.17) is 15.6 Å². The number of nitrogen functional groups attached to an aromatic ring is 1. The van der Waals surface area contributed by atoms with Gasteiger partial charge in [0.15, 0.2) is 6.23 Å². The van der Waals surface area contributed by atoms with Crippen molar-refractivity contribution in [3.63, 3.8) is 0 Å². The fraction of sp³-hybridized carbons (Fsp3) is 0.556. The molecular weight excluding hydrogens is 246 g/mol. The Balaban J connectivity index is 2.45. The molecule has 0 aliphatic carbocycles. The molecule has 0 radical (unpaired) electrons. The number of aliphatic hydroxyl groups is 3. The molecule has 6 N–H and O–H groups in total. The van der Waals surface area contributed by atoms with Gasteiger partial charge < -0.3 is 25.8 Å². The summed E-state index contributed by atoms with van der Waals surface area (Å²) in [5.74, 6) is -0.118. The van der Waals surface area contributed by atoms with Crippen molar-refractivity contribution in [2.45, 2.75) is 24.5 Å². The van der Waals surface area contributed by atoms with Crippen LogP contribution in [0.4, 0.5) is 5.82 Å². The van der Waals surface area contributed by atoms with Gasteiger partial charge in [0.1, 0.15) is 24.1 Å². The van der Waals surface area contributed by atoms with Crippen LogP contribution in [-0.2, 0) is 4.74 Å². The lowest BCUT2D eigenvalue weighted by Gasteiger charge is -2.16. The predicted octanol–water partition coefficient (Wildman–Crippen LogP) is -3.27. The molecule has 1 fully saturated rings. The average molecular weight is 259 g/mol. The minimum absolute atomic E-state index is 0.118. The molecular formula is C9H13N3O6. The van der Waals surface area contributed by atoms with Crippen molar-refractivity contribution < 1.29 is 20.1 Å². The zero-order valence-electron chi connectivity index (χ0n) is 9.18. The molecule has 0 spiro atoms. The number of anilines is 1. The summed E-state index contributed by atoms with van der Waals surface area (Å²) in [7, 11) is 0. The Labute approximate surface area is 100 Å². The summed E-state index contributed by atoms with van der Waals surface area (Å²) in [4.78, 5) is 25.4. The van der Waals surface area contributed by atoms with E-state index in [1.54, 1.807) is 0 Å². The molecule has 100 valence electrons. The molecule has 1 aromatic heterocycles. The minimum Gasteiger partial charge on any atom is -0.394 e. The zero-order valence-corrected chi connectivity index (χ0v) is 9.18. The van der Waals surface area contributed by atoms with Crippen molar-refractivity contribution in [2.24, 2.45) is 0 Å². The van der Waals surface area contributed by atoms with Crippen molar-refractivity contribution in [3.05, 3.63) is 26.9 Å². The first-order chi connectivity index (χ1) is 8.45. The van der Waals surface area contributed by atoms with E-state index in [-0.39, 0.29) is 5.82 Å². The average Bonchev–Trinajstić information content (AvgIpc) is 2.56. The highest BCUT2D eigenvalue weighted by Crippen LogP contribution is 2.27. The lowest BCUT2D eigenvalue weighted by Crippen LogP contribution is -2.42. The van der Waals surface area contributed by atoms with Gasteiger partial charge in [0.05, 0.1) is 6.61 Å². The Bertz CT molecular complexity index is 521. The monoisotopic (exact) mass is 259 g/mol. The number of aromatic nitrogens is 2. The van der Waals surface area contributed by atoms with Crippen LogP contribution < -0.4 is 17.0 Å². The molecule has 1 aromatic rings. The molecule has 2 heterocycles. The summed E-state index contributed by atoms with van der Waals surface area (Å²) in [5, 5.41) is 28.2. The molecule has 9 nitrogen and oxygen atoms in total. The number of H-pyrrole nitrogens is 1. The van der Waals surface area contributed by atoms with Gasteiger partial charge in [0.2, 0.25) is 0 Å². The van der Waals surface area contributed by atoms with Gasteiger partial charge in [-0.3, -0.25) is 9.78 Å². The van der Waals surface area contributed by atoms with Crippen LogP contribution in [0.3, 0.4) is 0 Å². The number of nitrogens with zero attached hydrogens (tertiary/aromatic N) is 1. The topological polar surface area (TPSA) is 151 Å². The Morgan fingerprint density at radius 1 is 1.39 bits per heavy atom.